The van der Waals surface area contributed by atoms with E-state index in [1.165, 1.54) is 22.3 Å². The minimum atomic E-state index is -0.201. The lowest BCUT2D eigenvalue weighted by molar-refractivity contribution is 0.662. The Hall–Kier alpha value is -7.94. The van der Waals surface area contributed by atoms with Crippen LogP contribution < -0.4 is 4.90 Å². The molecule has 1 aromatic heterocycles. The molecule has 2 nitrogen and oxygen atoms in total. The van der Waals surface area contributed by atoms with Gasteiger partial charge in [-0.05, 0) is 127 Å². The van der Waals surface area contributed by atoms with E-state index in [4.69, 9.17) is 4.42 Å². The number of fused-ring (bicyclic) bond motifs is 8. The fourth-order valence-corrected chi connectivity index (χ4v) is 9.92. The van der Waals surface area contributed by atoms with Gasteiger partial charge in [-0.15, -0.1) is 0 Å². The van der Waals surface area contributed by atoms with Crippen LogP contribution in [0, 0.1) is 0 Å². The number of hydrogen-bond acceptors (Lipinski definition) is 2. The highest BCUT2D eigenvalue weighted by atomic mass is 16.3. The topological polar surface area (TPSA) is 16.4 Å². The Bertz CT molecular complexity index is 3730. The number of anilines is 3. The van der Waals surface area contributed by atoms with Gasteiger partial charge in [-0.1, -0.05) is 184 Å². The van der Waals surface area contributed by atoms with Crippen molar-refractivity contribution in [3.05, 3.63) is 235 Å². The molecular weight excluding hydrogens is 763 g/mol. The second kappa shape index (κ2) is 14.6. The molecule has 63 heavy (non-hydrogen) atoms. The summed E-state index contributed by atoms with van der Waals surface area (Å²) < 4.78 is 44.9. The lowest BCUT2D eigenvalue weighted by Gasteiger charge is -2.27. The average Bonchev–Trinajstić information content (AvgIpc) is 3.88. The first-order valence-corrected chi connectivity index (χ1v) is 21.5. The lowest BCUT2D eigenvalue weighted by atomic mass is 9.79. The second-order valence-electron chi connectivity index (χ2n) is 16.9. The molecule has 1 heterocycles. The van der Waals surface area contributed by atoms with Crippen molar-refractivity contribution in [2.45, 2.75) is 19.3 Å². The highest BCUT2D eigenvalue weighted by Crippen LogP contribution is 2.52. The molecular formula is C61H43NO. The molecule has 11 aromatic rings. The molecule has 0 radical (unpaired) electrons. The van der Waals surface area contributed by atoms with Gasteiger partial charge in [-0.25, -0.2) is 0 Å². The van der Waals surface area contributed by atoms with Gasteiger partial charge in [0.1, 0.15) is 11.2 Å². The van der Waals surface area contributed by atoms with Crippen molar-refractivity contribution in [1.29, 1.82) is 0 Å². The molecule has 0 saturated heterocycles. The monoisotopic (exact) mass is 809 g/mol. The van der Waals surface area contributed by atoms with Crippen LogP contribution in [-0.2, 0) is 5.41 Å². The van der Waals surface area contributed by atoms with Crippen LogP contribution in [0.3, 0.4) is 0 Å². The Labute approximate surface area is 373 Å². The van der Waals surface area contributed by atoms with E-state index in [-0.39, 0.29) is 40.8 Å². The summed E-state index contributed by atoms with van der Waals surface area (Å²) in [5.74, 6) is 0. The fourth-order valence-electron chi connectivity index (χ4n) is 9.92. The molecule has 10 aromatic carbocycles. The van der Waals surface area contributed by atoms with Crippen LogP contribution in [-0.4, -0.2) is 0 Å². The van der Waals surface area contributed by atoms with Crippen molar-refractivity contribution in [1.82, 2.24) is 0 Å². The predicted octanol–water partition coefficient (Wildman–Crippen LogP) is 17.2. The van der Waals surface area contributed by atoms with Crippen LogP contribution in [0.2, 0.25) is 0 Å². The molecule has 0 fully saturated rings. The molecule has 0 atom stereocenters. The van der Waals surface area contributed by atoms with Crippen molar-refractivity contribution < 1.29 is 9.90 Å². The van der Waals surface area contributed by atoms with Crippen molar-refractivity contribution in [3.63, 3.8) is 0 Å². The quantitative estimate of drug-likeness (QED) is 0.159. The molecule has 298 valence electrons. The molecule has 12 rings (SSSR count). The summed E-state index contributed by atoms with van der Waals surface area (Å²) >= 11 is 0. The Morgan fingerprint density at radius 1 is 0.413 bits per heavy atom. The zero-order chi connectivity index (χ0) is 45.6. The van der Waals surface area contributed by atoms with Gasteiger partial charge in [0.15, 0.2) is 0 Å². The van der Waals surface area contributed by atoms with Crippen LogP contribution in [0.15, 0.2) is 229 Å². The smallest absolute Gasteiger partial charge is 0.143 e. The van der Waals surface area contributed by atoms with E-state index in [0.29, 0.717) is 16.9 Å². The number of rotatable bonds is 7. The van der Waals surface area contributed by atoms with E-state index in [9.17, 15) is 5.48 Å². The van der Waals surface area contributed by atoms with Gasteiger partial charge >= 0.3 is 0 Å². The Balaban J connectivity index is 1.00. The minimum absolute atomic E-state index is 0.105. The van der Waals surface area contributed by atoms with Crippen molar-refractivity contribution in [2.24, 2.45) is 0 Å². The predicted molar refractivity (Wildman–Crippen MR) is 265 cm³/mol. The zero-order valence-corrected chi connectivity index (χ0v) is 34.9. The van der Waals surface area contributed by atoms with E-state index in [1.54, 1.807) is 0 Å². The third-order valence-electron chi connectivity index (χ3n) is 12.9. The molecule has 0 unspecified atom stereocenters. The Morgan fingerprint density at radius 3 is 1.78 bits per heavy atom. The first-order valence-electron chi connectivity index (χ1n) is 23.5. The second-order valence-corrected chi connectivity index (χ2v) is 16.9. The normalized spacial score (nSPS) is 13.6. The summed E-state index contributed by atoms with van der Waals surface area (Å²) in [6.07, 6.45) is 0. The number of nitrogens with zero attached hydrogens (tertiary/aromatic N) is 1. The minimum Gasteiger partial charge on any atom is -0.455 e. The van der Waals surface area contributed by atoms with Gasteiger partial charge in [0, 0.05) is 38.6 Å². The third kappa shape index (κ3) is 6.09. The van der Waals surface area contributed by atoms with Crippen molar-refractivity contribution >= 4 is 49.8 Å². The summed E-state index contributed by atoms with van der Waals surface area (Å²) in [7, 11) is 0. The number of hydrogen-bond donors (Lipinski definition) is 0. The maximum absolute atomic E-state index is 9.68. The maximum Gasteiger partial charge on any atom is 0.143 e. The first kappa shape index (κ1) is 32.8. The molecule has 0 aliphatic heterocycles. The van der Waals surface area contributed by atoms with Crippen LogP contribution >= 0.6 is 0 Å². The van der Waals surface area contributed by atoms with Gasteiger partial charge < -0.3 is 9.32 Å². The summed E-state index contributed by atoms with van der Waals surface area (Å²) in [5, 5.41) is 4.27. The molecule has 0 spiro atoms. The fraction of sp³-hybridized carbons (Fsp3) is 0.0492. The van der Waals surface area contributed by atoms with Gasteiger partial charge in [0.05, 0.1) is 5.48 Å². The number of furan rings is 1. The molecule has 2 heteroatoms. The molecule has 0 saturated carbocycles. The summed E-state index contributed by atoms with van der Waals surface area (Å²) in [5.41, 5.74) is 15.2. The van der Waals surface area contributed by atoms with Crippen LogP contribution in [0.4, 0.5) is 17.1 Å². The van der Waals surface area contributed by atoms with Crippen molar-refractivity contribution in [2.75, 3.05) is 4.90 Å². The average molecular weight is 810 g/mol. The Morgan fingerprint density at radius 2 is 1.00 bits per heavy atom. The SMILES string of the molecule is [2H]c1c([2H])c(N(c2ccc(-c3cccc4c3C(C)(C)c3ccccc3-4)cc2)c2ccc(-c3cccc4oc5c6ccccc6ccc5c34)cc2)c([2H])c([2H])c1-c1cccc(-c2ccccc2)c1. The van der Waals surface area contributed by atoms with Gasteiger partial charge in [-0.2, -0.15) is 0 Å². The van der Waals surface area contributed by atoms with Crippen molar-refractivity contribution in [3.8, 4) is 55.6 Å². The molecule has 0 N–H and O–H groups in total. The van der Waals surface area contributed by atoms with Crippen LogP contribution in [0.1, 0.15) is 30.5 Å². The van der Waals surface area contributed by atoms with Crippen LogP contribution in [0.25, 0.3) is 88.3 Å². The van der Waals surface area contributed by atoms with Gasteiger partial charge in [0.2, 0.25) is 0 Å². The standard InChI is InChI=1S/C61H43NO/c1-61(2)56-23-9-8-19-53(56)54-22-11-21-51(59(54)61)44-29-36-49(37-30-44)62(47-32-25-41(26-33-47)46-17-10-16-45(39-46)40-13-4-3-5-14-40)48-34-27-43(28-35-48)50-20-12-24-57-58(50)55-38-31-42-15-6-7-18-52(42)60(55)63-57/h3-39H,1-2H3/i25D,26D,32D,33D. The van der Waals surface area contributed by atoms with Crippen LogP contribution in [0.5, 0.6) is 0 Å². The maximum atomic E-state index is 9.68. The largest absolute Gasteiger partial charge is 0.455 e. The molecule has 1 aliphatic rings. The third-order valence-corrected chi connectivity index (χ3v) is 12.9. The van der Waals surface area contributed by atoms with E-state index in [2.05, 4.69) is 111 Å². The summed E-state index contributed by atoms with van der Waals surface area (Å²) in [6, 6.07) is 67.6. The highest BCUT2D eigenvalue weighted by molar-refractivity contribution is 6.19. The Kier molecular flexibility index (Phi) is 7.60. The molecule has 0 amide bonds. The molecule has 0 bridgehead atoms. The lowest BCUT2D eigenvalue weighted by Crippen LogP contribution is -2.16. The first-order chi connectivity index (χ1) is 32.7. The molecule has 1 aliphatic carbocycles. The van der Waals surface area contributed by atoms with E-state index in [0.717, 1.165) is 66.1 Å². The van der Waals surface area contributed by atoms with E-state index >= 15 is 0 Å². The van der Waals surface area contributed by atoms with Gasteiger partial charge in [0.25, 0.3) is 0 Å². The zero-order valence-electron chi connectivity index (χ0n) is 38.9. The van der Waals surface area contributed by atoms with E-state index in [1.807, 2.05) is 108 Å². The van der Waals surface area contributed by atoms with Gasteiger partial charge in [-0.3, -0.25) is 0 Å². The summed E-state index contributed by atoms with van der Waals surface area (Å²) in [4.78, 5) is 1.87. The summed E-state index contributed by atoms with van der Waals surface area (Å²) in [6.45, 7) is 4.59. The highest BCUT2D eigenvalue weighted by Gasteiger charge is 2.37. The van der Waals surface area contributed by atoms with E-state index < -0.39 is 0 Å². The number of benzene rings is 10.